The minimum absolute atomic E-state index is 0.0271. The molecule has 1 atom stereocenters. The number of amides is 1. The van der Waals surface area contributed by atoms with Crippen LogP contribution in [0.4, 0.5) is 9.52 Å². The van der Waals surface area contributed by atoms with E-state index in [9.17, 15) is 18.8 Å². The Bertz CT molecular complexity index is 1590. The lowest BCUT2D eigenvalue weighted by Crippen LogP contribution is -2.29. The van der Waals surface area contributed by atoms with Gasteiger partial charge >= 0.3 is 5.97 Å². The van der Waals surface area contributed by atoms with Crippen molar-refractivity contribution >= 4 is 39.3 Å². The zero-order valence-corrected chi connectivity index (χ0v) is 21.2. The van der Waals surface area contributed by atoms with Gasteiger partial charge in [-0.15, -0.1) is 0 Å². The van der Waals surface area contributed by atoms with Crippen molar-refractivity contribution in [3.63, 3.8) is 0 Å². The predicted molar refractivity (Wildman–Crippen MR) is 136 cm³/mol. The van der Waals surface area contributed by atoms with Crippen molar-refractivity contribution in [3.8, 4) is 5.75 Å². The number of rotatable bonds is 7. The van der Waals surface area contributed by atoms with Crippen molar-refractivity contribution in [1.29, 1.82) is 0 Å². The average molecular weight is 523 g/mol. The molecule has 0 fully saturated rings. The number of hydrogen-bond donors (Lipinski definition) is 0. The maximum absolute atomic E-state index is 14.0. The SMILES string of the molecule is CCCOc1cccc(C2c3c(oc4ccc(F)cc4c3=O)C(=O)N2c2nc(C)c(C(=O)OCC)s2)c1. The van der Waals surface area contributed by atoms with Crippen molar-refractivity contribution in [1.82, 2.24) is 4.98 Å². The van der Waals surface area contributed by atoms with E-state index in [0.29, 0.717) is 23.6 Å². The van der Waals surface area contributed by atoms with Gasteiger partial charge in [0.15, 0.2) is 10.6 Å². The van der Waals surface area contributed by atoms with Crippen LogP contribution < -0.4 is 15.1 Å². The number of carbonyl (C=O) groups excluding carboxylic acids is 2. The summed E-state index contributed by atoms with van der Waals surface area (Å²) in [5, 5.41) is 0.232. The van der Waals surface area contributed by atoms with Crippen LogP contribution in [-0.2, 0) is 4.74 Å². The third-order valence-corrected chi connectivity index (χ3v) is 7.07. The number of hydrogen-bond acceptors (Lipinski definition) is 8. The van der Waals surface area contributed by atoms with Crippen LogP contribution in [-0.4, -0.2) is 30.1 Å². The van der Waals surface area contributed by atoms with E-state index in [4.69, 9.17) is 13.9 Å². The van der Waals surface area contributed by atoms with E-state index in [1.165, 1.54) is 11.0 Å². The van der Waals surface area contributed by atoms with Crippen molar-refractivity contribution in [2.75, 3.05) is 18.1 Å². The second kappa shape index (κ2) is 9.78. The number of anilines is 1. The average Bonchev–Trinajstić information content (AvgIpc) is 3.41. The van der Waals surface area contributed by atoms with Crippen LogP contribution in [0.3, 0.4) is 0 Å². The molecule has 0 spiro atoms. The lowest BCUT2D eigenvalue weighted by molar-refractivity contribution is 0.0531. The number of thiazole rings is 1. The number of nitrogens with zero attached hydrogens (tertiary/aromatic N) is 2. The first kappa shape index (κ1) is 24.6. The Morgan fingerprint density at radius 2 is 2.00 bits per heavy atom. The van der Waals surface area contributed by atoms with Crippen LogP contribution in [0.25, 0.3) is 11.0 Å². The van der Waals surface area contributed by atoms with Crippen LogP contribution in [0.1, 0.15) is 63.4 Å². The molecule has 0 N–H and O–H groups in total. The van der Waals surface area contributed by atoms with Crippen molar-refractivity contribution < 1.29 is 27.9 Å². The molecule has 37 heavy (non-hydrogen) atoms. The monoisotopic (exact) mass is 522 g/mol. The highest BCUT2D eigenvalue weighted by molar-refractivity contribution is 7.17. The quantitative estimate of drug-likeness (QED) is 0.299. The van der Waals surface area contributed by atoms with Crippen molar-refractivity contribution in [2.24, 2.45) is 0 Å². The summed E-state index contributed by atoms with van der Waals surface area (Å²) < 4.78 is 30.8. The molecule has 1 amide bonds. The number of aromatic nitrogens is 1. The van der Waals surface area contributed by atoms with Gasteiger partial charge in [0.2, 0.25) is 5.76 Å². The summed E-state index contributed by atoms with van der Waals surface area (Å²) in [5.74, 6) is -1.32. The van der Waals surface area contributed by atoms with E-state index < -0.39 is 29.2 Å². The molecule has 2 aromatic carbocycles. The van der Waals surface area contributed by atoms with Crippen LogP contribution in [0, 0.1) is 12.7 Å². The van der Waals surface area contributed by atoms with Gasteiger partial charge in [-0.2, -0.15) is 0 Å². The van der Waals surface area contributed by atoms with Gasteiger partial charge in [0.25, 0.3) is 5.91 Å². The highest BCUT2D eigenvalue weighted by Crippen LogP contribution is 2.43. The fourth-order valence-corrected chi connectivity index (χ4v) is 5.31. The van der Waals surface area contributed by atoms with Gasteiger partial charge in [-0.05, 0) is 56.2 Å². The Hall–Kier alpha value is -4.05. The highest BCUT2D eigenvalue weighted by atomic mass is 32.1. The lowest BCUT2D eigenvalue weighted by atomic mass is 9.98. The molecule has 0 bridgehead atoms. The molecule has 8 nitrogen and oxygen atoms in total. The smallest absolute Gasteiger partial charge is 0.350 e. The molecule has 0 radical (unpaired) electrons. The van der Waals surface area contributed by atoms with E-state index in [-0.39, 0.29) is 38.9 Å². The molecule has 190 valence electrons. The Morgan fingerprint density at radius 3 is 2.76 bits per heavy atom. The first-order valence-electron chi connectivity index (χ1n) is 11.8. The zero-order chi connectivity index (χ0) is 26.3. The Balaban J connectivity index is 1.73. The molecular weight excluding hydrogens is 499 g/mol. The molecule has 1 unspecified atom stereocenters. The van der Waals surface area contributed by atoms with Gasteiger partial charge in [-0.3, -0.25) is 14.5 Å². The maximum atomic E-state index is 14.0. The molecule has 1 aliphatic rings. The molecule has 4 aromatic rings. The van der Waals surface area contributed by atoms with Gasteiger partial charge in [0.05, 0.1) is 35.9 Å². The van der Waals surface area contributed by atoms with Gasteiger partial charge in [0, 0.05) is 0 Å². The molecular formula is C27H23FN2O6S. The number of aryl methyl sites for hydroxylation is 1. The summed E-state index contributed by atoms with van der Waals surface area (Å²) in [6.07, 6.45) is 0.803. The number of esters is 1. The lowest BCUT2D eigenvalue weighted by Gasteiger charge is -2.23. The number of halogens is 1. The van der Waals surface area contributed by atoms with Crippen molar-refractivity contribution in [3.05, 3.63) is 86.0 Å². The fourth-order valence-electron chi connectivity index (χ4n) is 4.32. The summed E-state index contributed by atoms with van der Waals surface area (Å²) in [6, 6.07) is 9.71. The van der Waals surface area contributed by atoms with Crippen molar-refractivity contribution in [2.45, 2.75) is 33.2 Å². The molecule has 2 aromatic heterocycles. The van der Waals surface area contributed by atoms with E-state index in [2.05, 4.69) is 4.98 Å². The van der Waals surface area contributed by atoms with E-state index in [1.807, 2.05) is 6.92 Å². The van der Waals surface area contributed by atoms with E-state index in [0.717, 1.165) is 29.9 Å². The Kier molecular flexibility index (Phi) is 6.51. The summed E-state index contributed by atoms with van der Waals surface area (Å²) in [4.78, 5) is 46.0. The molecule has 0 aliphatic carbocycles. The minimum atomic E-state index is -0.933. The van der Waals surface area contributed by atoms with Crippen LogP contribution in [0.5, 0.6) is 5.75 Å². The van der Waals surface area contributed by atoms with Crippen LogP contribution in [0.15, 0.2) is 51.7 Å². The standard InChI is InChI=1S/C27H23FN2O6S/c1-4-11-35-17-8-6-7-15(12-17)21-20-22(31)18-13-16(28)9-10-19(18)36-23(20)25(32)30(21)27-29-14(3)24(37-27)26(33)34-5-2/h6-10,12-13,21H,4-5,11H2,1-3H3. The first-order valence-corrected chi connectivity index (χ1v) is 12.6. The normalized spacial score (nSPS) is 14.8. The molecule has 10 heteroatoms. The minimum Gasteiger partial charge on any atom is -0.494 e. The topological polar surface area (TPSA) is 98.9 Å². The number of fused-ring (bicyclic) bond motifs is 2. The van der Waals surface area contributed by atoms with Crippen LogP contribution >= 0.6 is 11.3 Å². The summed E-state index contributed by atoms with van der Waals surface area (Å²) >= 11 is 0.993. The Morgan fingerprint density at radius 1 is 1.19 bits per heavy atom. The first-order chi connectivity index (χ1) is 17.8. The largest absolute Gasteiger partial charge is 0.494 e. The van der Waals surface area contributed by atoms with Gasteiger partial charge < -0.3 is 13.9 Å². The molecule has 3 heterocycles. The van der Waals surface area contributed by atoms with Gasteiger partial charge in [-0.25, -0.2) is 14.2 Å². The molecule has 5 rings (SSSR count). The van der Waals surface area contributed by atoms with Gasteiger partial charge in [0.1, 0.15) is 22.0 Å². The Labute approximate surface area is 215 Å². The molecule has 0 saturated carbocycles. The third kappa shape index (κ3) is 4.27. The second-order valence-electron chi connectivity index (χ2n) is 8.44. The fraction of sp³-hybridized carbons (Fsp3) is 0.259. The van der Waals surface area contributed by atoms with Gasteiger partial charge in [-0.1, -0.05) is 30.4 Å². The molecule has 0 saturated heterocycles. The zero-order valence-electron chi connectivity index (χ0n) is 20.4. The summed E-state index contributed by atoms with van der Waals surface area (Å²) in [6.45, 7) is 6.01. The van der Waals surface area contributed by atoms with E-state index in [1.54, 1.807) is 38.1 Å². The third-order valence-electron chi connectivity index (χ3n) is 5.93. The highest BCUT2D eigenvalue weighted by Gasteiger charge is 2.45. The maximum Gasteiger partial charge on any atom is 0.350 e. The predicted octanol–water partition coefficient (Wildman–Crippen LogP) is 5.41. The number of ether oxygens (including phenoxy) is 2. The summed E-state index contributed by atoms with van der Waals surface area (Å²) in [5.41, 5.74) is 0.625. The summed E-state index contributed by atoms with van der Waals surface area (Å²) in [7, 11) is 0. The second-order valence-corrected chi connectivity index (χ2v) is 9.42. The number of carbonyl (C=O) groups is 2. The molecule has 1 aliphatic heterocycles. The van der Waals surface area contributed by atoms with E-state index >= 15 is 0 Å². The van der Waals surface area contributed by atoms with Crippen LogP contribution in [0.2, 0.25) is 0 Å². The number of benzene rings is 2.